The maximum atomic E-state index is 12.0. The molecule has 1 aliphatic heterocycles. The normalized spacial score (nSPS) is 23.9. The van der Waals surface area contributed by atoms with Crippen LogP contribution in [0.3, 0.4) is 0 Å². The molecule has 2 fully saturated rings. The maximum Gasteiger partial charge on any atom is 0.239 e. The summed E-state index contributed by atoms with van der Waals surface area (Å²) in [6.07, 6.45) is 4.01. The topological polar surface area (TPSA) is 41.6 Å². The predicted molar refractivity (Wildman–Crippen MR) is 62.2 cm³/mol. The number of nitrogens with one attached hydrogen (secondary N) is 1. The van der Waals surface area contributed by atoms with Gasteiger partial charge in [-0.15, -0.1) is 0 Å². The van der Waals surface area contributed by atoms with E-state index in [4.69, 9.17) is 4.74 Å². The minimum absolute atomic E-state index is 0.0429. The van der Waals surface area contributed by atoms with Crippen LogP contribution < -0.4 is 5.32 Å². The van der Waals surface area contributed by atoms with Crippen LogP contribution >= 0.6 is 0 Å². The summed E-state index contributed by atoms with van der Waals surface area (Å²) >= 11 is 0. The van der Waals surface area contributed by atoms with Crippen molar-refractivity contribution in [3.05, 3.63) is 0 Å². The van der Waals surface area contributed by atoms with Gasteiger partial charge in [-0.05, 0) is 32.2 Å². The second-order valence-electron chi connectivity index (χ2n) is 4.86. The van der Waals surface area contributed by atoms with Crippen LogP contribution in [-0.2, 0) is 9.53 Å². The highest BCUT2D eigenvalue weighted by Gasteiger charge is 2.24. The van der Waals surface area contributed by atoms with Crippen molar-refractivity contribution in [1.29, 1.82) is 0 Å². The maximum absolute atomic E-state index is 12.0. The van der Waals surface area contributed by atoms with E-state index in [0.29, 0.717) is 13.2 Å². The van der Waals surface area contributed by atoms with E-state index in [-0.39, 0.29) is 11.9 Å². The lowest BCUT2D eigenvalue weighted by atomic mass is 9.85. The van der Waals surface area contributed by atoms with E-state index in [1.165, 1.54) is 19.3 Å². The van der Waals surface area contributed by atoms with E-state index in [9.17, 15) is 4.79 Å². The Bertz CT molecular complexity index is 235. The zero-order valence-corrected chi connectivity index (χ0v) is 10.1. The van der Waals surface area contributed by atoms with Gasteiger partial charge in [0.05, 0.1) is 19.3 Å². The van der Waals surface area contributed by atoms with Crippen LogP contribution in [0.15, 0.2) is 0 Å². The van der Waals surface area contributed by atoms with Gasteiger partial charge in [-0.1, -0.05) is 6.42 Å². The van der Waals surface area contributed by atoms with Gasteiger partial charge in [0.25, 0.3) is 0 Å². The number of morpholine rings is 1. The van der Waals surface area contributed by atoms with Gasteiger partial charge in [0.2, 0.25) is 5.91 Å². The molecule has 1 atom stereocenters. The number of nitrogens with zero attached hydrogens (tertiary/aromatic N) is 1. The molecule has 2 rings (SSSR count). The summed E-state index contributed by atoms with van der Waals surface area (Å²) in [5.74, 6) is 1.03. The molecule has 1 heterocycles. The number of amides is 1. The van der Waals surface area contributed by atoms with Gasteiger partial charge in [-0.3, -0.25) is 4.79 Å². The fourth-order valence-electron chi connectivity index (χ4n) is 2.19. The third-order valence-corrected chi connectivity index (χ3v) is 3.63. The van der Waals surface area contributed by atoms with Gasteiger partial charge < -0.3 is 15.0 Å². The lowest BCUT2D eigenvalue weighted by Crippen LogP contribution is -2.50. The molecule has 0 aromatic heterocycles. The third kappa shape index (κ3) is 2.95. The highest BCUT2D eigenvalue weighted by molar-refractivity contribution is 5.81. The first-order chi connectivity index (χ1) is 7.77. The summed E-state index contributed by atoms with van der Waals surface area (Å²) in [7, 11) is 0. The zero-order chi connectivity index (χ0) is 11.4. The van der Waals surface area contributed by atoms with Crippen LogP contribution in [0.2, 0.25) is 0 Å². The Morgan fingerprint density at radius 1 is 1.44 bits per heavy atom. The molecule has 1 unspecified atom stereocenters. The molecule has 1 aliphatic carbocycles. The van der Waals surface area contributed by atoms with E-state index in [2.05, 4.69) is 5.32 Å². The quantitative estimate of drug-likeness (QED) is 0.764. The molecule has 1 saturated heterocycles. The Hall–Kier alpha value is -0.610. The van der Waals surface area contributed by atoms with Crippen LogP contribution in [0, 0.1) is 5.92 Å². The van der Waals surface area contributed by atoms with Crippen molar-refractivity contribution in [1.82, 2.24) is 10.2 Å². The molecule has 0 aromatic rings. The SMILES string of the molecule is CC(NCC1CCC1)C(=O)N1CCOCC1. The lowest BCUT2D eigenvalue weighted by Gasteiger charge is -2.31. The number of rotatable bonds is 4. The minimum atomic E-state index is -0.0429. The molecular formula is C12H22N2O2. The lowest BCUT2D eigenvalue weighted by molar-refractivity contribution is -0.137. The van der Waals surface area contributed by atoms with Crippen molar-refractivity contribution in [2.24, 2.45) is 5.92 Å². The molecule has 1 amide bonds. The third-order valence-electron chi connectivity index (χ3n) is 3.63. The average molecular weight is 226 g/mol. The number of carbonyl (C=O) groups is 1. The average Bonchev–Trinajstić information content (AvgIpc) is 2.27. The Balaban J connectivity index is 1.69. The van der Waals surface area contributed by atoms with Crippen molar-refractivity contribution < 1.29 is 9.53 Å². The molecule has 16 heavy (non-hydrogen) atoms. The summed E-state index contributed by atoms with van der Waals surface area (Å²) in [6.45, 7) is 5.82. The fraction of sp³-hybridized carbons (Fsp3) is 0.917. The molecule has 0 radical (unpaired) electrons. The Kier molecular flexibility index (Phi) is 4.18. The summed E-state index contributed by atoms with van der Waals surface area (Å²) in [5.41, 5.74) is 0. The van der Waals surface area contributed by atoms with Gasteiger partial charge in [-0.2, -0.15) is 0 Å². The first-order valence-electron chi connectivity index (χ1n) is 6.37. The summed E-state index contributed by atoms with van der Waals surface area (Å²) in [6, 6.07) is -0.0429. The largest absolute Gasteiger partial charge is 0.378 e. The second kappa shape index (κ2) is 5.64. The van der Waals surface area contributed by atoms with Crippen molar-refractivity contribution in [2.75, 3.05) is 32.8 Å². The van der Waals surface area contributed by atoms with Crippen LogP contribution in [-0.4, -0.2) is 49.7 Å². The first kappa shape index (κ1) is 11.9. The van der Waals surface area contributed by atoms with Crippen molar-refractivity contribution in [3.8, 4) is 0 Å². The molecule has 92 valence electrons. The monoisotopic (exact) mass is 226 g/mol. The standard InChI is InChI=1S/C12H22N2O2/c1-10(13-9-11-3-2-4-11)12(15)14-5-7-16-8-6-14/h10-11,13H,2-9H2,1H3. The molecule has 1 N–H and O–H groups in total. The Labute approximate surface area is 97.3 Å². The zero-order valence-electron chi connectivity index (χ0n) is 10.1. The number of carbonyl (C=O) groups excluding carboxylic acids is 1. The van der Waals surface area contributed by atoms with Crippen molar-refractivity contribution >= 4 is 5.91 Å². The number of ether oxygens (including phenoxy) is 1. The highest BCUT2D eigenvalue weighted by Crippen LogP contribution is 2.25. The van der Waals surface area contributed by atoms with Crippen molar-refractivity contribution in [3.63, 3.8) is 0 Å². The van der Waals surface area contributed by atoms with Gasteiger partial charge in [0.15, 0.2) is 0 Å². The molecule has 1 saturated carbocycles. The molecular weight excluding hydrogens is 204 g/mol. The van der Waals surface area contributed by atoms with Gasteiger partial charge in [0.1, 0.15) is 0 Å². The van der Waals surface area contributed by atoms with Gasteiger partial charge in [-0.25, -0.2) is 0 Å². The summed E-state index contributed by atoms with van der Waals surface area (Å²) < 4.78 is 5.24. The number of hydrogen-bond acceptors (Lipinski definition) is 3. The highest BCUT2D eigenvalue weighted by atomic mass is 16.5. The number of hydrogen-bond donors (Lipinski definition) is 1. The molecule has 4 heteroatoms. The minimum Gasteiger partial charge on any atom is -0.378 e. The van der Waals surface area contributed by atoms with E-state index in [1.807, 2.05) is 11.8 Å². The fourth-order valence-corrected chi connectivity index (χ4v) is 2.19. The molecule has 0 aromatic carbocycles. The Morgan fingerprint density at radius 3 is 2.69 bits per heavy atom. The summed E-state index contributed by atoms with van der Waals surface area (Å²) in [5, 5.41) is 3.35. The Morgan fingerprint density at radius 2 is 2.12 bits per heavy atom. The predicted octanol–water partition coefficient (Wildman–Crippen LogP) is 0.623. The second-order valence-corrected chi connectivity index (χ2v) is 4.86. The van der Waals surface area contributed by atoms with E-state index < -0.39 is 0 Å². The molecule has 2 aliphatic rings. The molecule has 0 bridgehead atoms. The van der Waals surface area contributed by atoms with E-state index >= 15 is 0 Å². The van der Waals surface area contributed by atoms with Crippen LogP contribution in [0.5, 0.6) is 0 Å². The van der Waals surface area contributed by atoms with Crippen LogP contribution in [0.25, 0.3) is 0 Å². The smallest absolute Gasteiger partial charge is 0.239 e. The van der Waals surface area contributed by atoms with E-state index in [0.717, 1.165) is 25.6 Å². The van der Waals surface area contributed by atoms with Crippen LogP contribution in [0.1, 0.15) is 26.2 Å². The first-order valence-corrected chi connectivity index (χ1v) is 6.37. The molecule has 0 spiro atoms. The van der Waals surface area contributed by atoms with Crippen molar-refractivity contribution in [2.45, 2.75) is 32.2 Å². The van der Waals surface area contributed by atoms with Gasteiger partial charge >= 0.3 is 0 Å². The van der Waals surface area contributed by atoms with E-state index in [1.54, 1.807) is 0 Å². The van der Waals surface area contributed by atoms with Gasteiger partial charge in [0, 0.05) is 13.1 Å². The van der Waals surface area contributed by atoms with Crippen LogP contribution in [0.4, 0.5) is 0 Å². The summed E-state index contributed by atoms with van der Waals surface area (Å²) in [4.78, 5) is 13.9. The molecule has 4 nitrogen and oxygen atoms in total.